The van der Waals surface area contributed by atoms with Gasteiger partial charge in [-0.3, -0.25) is 0 Å². The molecular weight excluding hydrogens is 270 g/mol. The lowest BCUT2D eigenvalue weighted by atomic mass is 9.97. The lowest BCUT2D eigenvalue weighted by Gasteiger charge is -2.10. The van der Waals surface area contributed by atoms with Crippen molar-refractivity contribution in [3.63, 3.8) is 0 Å². The average Bonchev–Trinajstić information content (AvgIpc) is 2.35. The number of carbonyl (C=O) groups excluding carboxylic acids is 1. The van der Waals surface area contributed by atoms with Crippen LogP contribution < -0.4 is 0 Å². The highest BCUT2D eigenvalue weighted by Gasteiger charge is 2.15. The molecule has 0 aliphatic heterocycles. The minimum atomic E-state index is -0.402. The van der Waals surface area contributed by atoms with Crippen molar-refractivity contribution in [2.75, 3.05) is 7.11 Å². The molecule has 16 heavy (non-hydrogen) atoms. The van der Waals surface area contributed by atoms with Gasteiger partial charge in [-0.05, 0) is 29.7 Å². The van der Waals surface area contributed by atoms with Gasteiger partial charge in [-0.1, -0.05) is 22.9 Å². The van der Waals surface area contributed by atoms with E-state index in [4.69, 9.17) is 10.00 Å². The molecule has 0 bridgehead atoms. The molecule has 0 aliphatic rings. The van der Waals surface area contributed by atoms with E-state index < -0.39 is 5.97 Å². The van der Waals surface area contributed by atoms with Crippen molar-refractivity contribution in [1.29, 1.82) is 5.26 Å². The van der Waals surface area contributed by atoms with Crippen LogP contribution in [0.2, 0.25) is 0 Å². The predicted molar refractivity (Wildman–Crippen MR) is 64.5 cm³/mol. The summed E-state index contributed by atoms with van der Waals surface area (Å²) >= 11 is 3.35. The summed E-state index contributed by atoms with van der Waals surface area (Å²) in [7, 11) is 1.34. The van der Waals surface area contributed by atoms with Crippen LogP contribution in [-0.4, -0.2) is 13.1 Å². The van der Waals surface area contributed by atoms with Crippen LogP contribution in [0.15, 0.2) is 12.1 Å². The third kappa shape index (κ3) is 2.42. The molecule has 3 nitrogen and oxygen atoms in total. The summed E-state index contributed by atoms with van der Waals surface area (Å²) in [5.74, 6) is -0.402. The Morgan fingerprint density at radius 2 is 2.25 bits per heavy atom. The molecule has 4 heteroatoms. The molecule has 0 saturated carbocycles. The Morgan fingerprint density at radius 3 is 2.69 bits per heavy atom. The molecular formula is C12H12BrNO2. The Morgan fingerprint density at radius 1 is 1.56 bits per heavy atom. The van der Waals surface area contributed by atoms with Crippen LogP contribution in [0, 0.1) is 11.3 Å². The van der Waals surface area contributed by atoms with Gasteiger partial charge in [-0.15, -0.1) is 0 Å². The monoisotopic (exact) mass is 281 g/mol. The second-order valence-electron chi connectivity index (χ2n) is 3.25. The molecule has 0 unspecified atom stereocenters. The number of hydrogen-bond donors (Lipinski definition) is 0. The molecule has 0 fully saturated rings. The van der Waals surface area contributed by atoms with Crippen LogP contribution in [0.1, 0.15) is 34.0 Å². The average molecular weight is 282 g/mol. The number of methoxy groups -OCH3 is 1. The predicted octanol–water partition coefficient (Wildman–Crippen LogP) is 2.80. The Hall–Kier alpha value is -1.34. The number of esters is 1. The van der Waals surface area contributed by atoms with E-state index in [1.807, 2.05) is 19.1 Å². The first-order valence-electron chi connectivity index (χ1n) is 4.88. The third-order valence-electron chi connectivity index (χ3n) is 2.39. The molecule has 1 aromatic rings. The summed E-state index contributed by atoms with van der Waals surface area (Å²) < 4.78 is 4.71. The summed E-state index contributed by atoms with van der Waals surface area (Å²) in [6, 6.07) is 5.43. The molecule has 0 atom stereocenters. The molecule has 0 heterocycles. The topological polar surface area (TPSA) is 50.1 Å². The van der Waals surface area contributed by atoms with Crippen molar-refractivity contribution < 1.29 is 9.53 Å². The lowest BCUT2D eigenvalue weighted by Crippen LogP contribution is -2.08. The Bertz CT molecular complexity index is 449. The van der Waals surface area contributed by atoms with E-state index >= 15 is 0 Å². The number of carbonyl (C=O) groups is 1. The standard InChI is InChI=1S/C12H12BrNO2/c1-3-9-4-8(7-14)5-10(11(9)6-13)12(15)16-2/h4-5H,3,6H2,1-2H3. The van der Waals surface area contributed by atoms with Gasteiger partial charge < -0.3 is 4.74 Å². The first-order valence-corrected chi connectivity index (χ1v) is 6.00. The molecule has 84 valence electrons. The molecule has 1 aromatic carbocycles. The maximum Gasteiger partial charge on any atom is 0.338 e. The van der Waals surface area contributed by atoms with Gasteiger partial charge in [-0.2, -0.15) is 5.26 Å². The SMILES string of the molecule is CCc1cc(C#N)cc(C(=O)OC)c1CBr. The Kier molecular flexibility index (Phi) is 4.51. The summed E-state index contributed by atoms with van der Waals surface area (Å²) in [5, 5.41) is 9.46. The second-order valence-corrected chi connectivity index (χ2v) is 3.81. The van der Waals surface area contributed by atoms with E-state index in [-0.39, 0.29) is 0 Å². The van der Waals surface area contributed by atoms with Gasteiger partial charge in [0, 0.05) is 5.33 Å². The number of benzene rings is 1. The van der Waals surface area contributed by atoms with Gasteiger partial charge in [0.1, 0.15) is 0 Å². The van der Waals surface area contributed by atoms with Crippen molar-refractivity contribution in [2.45, 2.75) is 18.7 Å². The molecule has 1 rings (SSSR count). The van der Waals surface area contributed by atoms with E-state index in [0.717, 1.165) is 17.5 Å². The van der Waals surface area contributed by atoms with Gasteiger partial charge in [0.2, 0.25) is 0 Å². The fourth-order valence-electron chi connectivity index (χ4n) is 1.56. The zero-order valence-electron chi connectivity index (χ0n) is 9.21. The van der Waals surface area contributed by atoms with Crippen LogP contribution in [0.25, 0.3) is 0 Å². The van der Waals surface area contributed by atoms with E-state index in [1.165, 1.54) is 7.11 Å². The first kappa shape index (κ1) is 12.7. The molecule has 0 saturated heterocycles. The molecule has 0 aliphatic carbocycles. The van der Waals surface area contributed by atoms with E-state index in [0.29, 0.717) is 16.5 Å². The highest BCUT2D eigenvalue weighted by molar-refractivity contribution is 9.08. The fourth-order valence-corrected chi connectivity index (χ4v) is 2.22. The number of nitriles is 1. The van der Waals surface area contributed by atoms with Crippen molar-refractivity contribution in [1.82, 2.24) is 0 Å². The Labute approximate surface area is 103 Å². The maximum absolute atomic E-state index is 11.6. The number of aryl methyl sites for hydroxylation is 1. The number of rotatable bonds is 3. The Balaban J connectivity index is 3.44. The van der Waals surface area contributed by atoms with Crippen LogP contribution >= 0.6 is 15.9 Å². The van der Waals surface area contributed by atoms with Crippen LogP contribution in [0.4, 0.5) is 0 Å². The highest BCUT2D eigenvalue weighted by Crippen LogP contribution is 2.22. The van der Waals surface area contributed by atoms with Crippen molar-refractivity contribution in [3.05, 3.63) is 34.4 Å². The summed E-state index contributed by atoms with van der Waals surface area (Å²) in [6.45, 7) is 1.99. The van der Waals surface area contributed by atoms with Crippen molar-refractivity contribution >= 4 is 21.9 Å². The van der Waals surface area contributed by atoms with Crippen LogP contribution in [0.5, 0.6) is 0 Å². The van der Waals surface area contributed by atoms with E-state index in [9.17, 15) is 4.79 Å². The van der Waals surface area contributed by atoms with Gasteiger partial charge in [0.25, 0.3) is 0 Å². The smallest absolute Gasteiger partial charge is 0.338 e. The number of nitrogens with zero attached hydrogens (tertiary/aromatic N) is 1. The normalized spacial score (nSPS) is 9.62. The molecule has 0 aromatic heterocycles. The molecule has 0 spiro atoms. The largest absolute Gasteiger partial charge is 0.465 e. The first-order chi connectivity index (χ1) is 7.67. The summed E-state index contributed by atoms with van der Waals surface area (Å²) in [6.07, 6.45) is 0.778. The van der Waals surface area contributed by atoms with E-state index in [1.54, 1.807) is 6.07 Å². The third-order valence-corrected chi connectivity index (χ3v) is 2.95. The quantitative estimate of drug-likeness (QED) is 0.632. The molecule has 0 amide bonds. The summed E-state index contributed by atoms with van der Waals surface area (Å²) in [4.78, 5) is 11.6. The van der Waals surface area contributed by atoms with Crippen LogP contribution in [0.3, 0.4) is 0 Å². The zero-order valence-corrected chi connectivity index (χ0v) is 10.8. The van der Waals surface area contributed by atoms with E-state index in [2.05, 4.69) is 15.9 Å². The number of alkyl halides is 1. The molecule has 0 radical (unpaired) electrons. The van der Waals surface area contributed by atoms with Gasteiger partial charge in [-0.25, -0.2) is 4.79 Å². The van der Waals surface area contributed by atoms with Gasteiger partial charge >= 0.3 is 5.97 Å². The molecule has 0 N–H and O–H groups in total. The fraction of sp³-hybridized carbons (Fsp3) is 0.333. The number of ether oxygens (including phenoxy) is 1. The van der Waals surface area contributed by atoms with Gasteiger partial charge in [0.15, 0.2) is 0 Å². The highest BCUT2D eigenvalue weighted by atomic mass is 79.9. The van der Waals surface area contributed by atoms with Crippen LogP contribution in [-0.2, 0) is 16.5 Å². The number of halogens is 1. The maximum atomic E-state index is 11.6. The van der Waals surface area contributed by atoms with Crippen molar-refractivity contribution in [2.24, 2.45) is 0 Å². The minimum Gasteiger partial charge on any atom is -0.465 e. The van der Waals surface area contributed by atoms with Crippen molar-refractivity contribution in [3.8, 4) is 6.07 Å². The lowest BCUT2D eigenvalue weighted by molar-refractivity contribution is 0.0599. The number of hydrogen-bond acceptors (Lipinski definition) is 3. The summed E-state index contributed by atoms with van der Waals surface area (Å²) in [5.41, 5.74) is 2.85. The zero-order chi connectivity index (χ0) is 12.1. The second kappa shape index (κ2) is 5.66. The minimum absolute atomic E-state index is 0.402. The van der Waals surface area contributed by atoms with Gasteiger partial charge in [0.05, 0.1) is 24.3 Å².